The Hall–Kier alpha value is -0.780. The van der Waals surface area contributed by atoms with Crippen LogP contribution in [0.3, 0.4) is 0 Å². The minimum atomic E-state index is -3.86. The van der Waals surface area contributed by atoms with Crippen LogP contribution in [-0.4, -0.2) is 38.4 Å². The Labute approximate surface area is 74.0 Å². The molecule has 0 rings (SSSR count). The van der Waals surface area contributed by atoms with E-state index in [2.05, 4.69) is 0 Å². The SMILES string of the molecule is N#CCS(=O)(=O)NCC(O)C(F)F. The highest BCUT2D eigenvalue weighted by Gasteiger charge is 2.19. The first kappa shape index (κ1) is 12.2. The molecule has 0 radical (unpaired) electrons. The summed E-state index contributed by atoms with van der Waals surface area (Å²) in [7, 11) is -3.86. The van der Waals surface area contributed by atoms with Crippen LogP contribution in [0, 0.1) is 11.3 Å². The molecule has 0 heterocycles. The van der Waals surface area contributed by atoms with Crippen molar-refractivity contribution in [3.63, 3.8) is 0 Å². The monoisotopic (exact) mass is 214 g/mol. The lowest BCUT2D eigenvalue weighted by atomic mass is 10.4. The number of rotatable bonds is 5. The Kier molecular flexibility index (Phi) is 4.76. The smallest absolute Gasteiger partial charge is 0.265 e. The number of sulfonamides is 1. The fourth-order valence-corrected chi connectivity index (χ4v) is 1.13. The number of hydrogen-bond donors (Lipinski definition) is 2. The van der Waals surface area contributed by atoms with E-state index in [1.165, 1.54) is 6.07 Å². The first-order valence-electron chi connectivity index (χ1n) is 3.19. The number of aliphatic hydroxyl groups is 1. The highest BCUT2D eigenvalue weighted by atomic mass is 32.2. The van der Waals surface area contributed by atoms with Gasteiger partial charge >= 0.3 is 0 Å². The van der Waals surface area contributed by atoms with E-state index in [1.807, 2.05) is 0 Å². The van der Waals surface area contributed by atoms with E-state index in [1.54, 1.807) is 4.72 Å². The van der Waals surface area contributed by atoms with Crippen LogP contribution < -0.4 is 4.72 Å². The van der Waals surface area contributed by atoms with Gasteiger partial charge in [-0.3, -0.25) is 0 Å². The highest BCUT2D eigenvalue weighted by Crippen LogP contribution is 1.99. The van der Waals surface area contributed by atoms with Crippen LogP contribution in [0.25, 0.3) is 0 Å². The van der Waals surface area contributed by atoms with Crippen molar-refractivity contribution in [2.75, 3.05) is 12.3 Å². The number of aliphatic hydroxyl groups excluding tert-OH is 1. The van der Waals surface area contributed by atoms with Gasteiger partial charge in [0, 0.05) is 6.54 Å². The summed E-state index contributed by atoms with van der Waals surface area (Å²) in [6.07, 6.45) is -5.06. The zero-order valence-electron chi connectivity index (χ0n) is 6.44. The Bertz CT molecular complexity index is 285. The molecule has 0 saturated heterocycles. The fourth-order valence-electron chi connectivity index (χ4n) is 0.437. The van der Waals surface area contributed by atoms with Gasteiger partial charge in [0.1, 0.15) is 6.10 Å². The summed E-state index contributed by atoms with van der Waals surface area (Å²) < 4.78 is 46.3. The van der Waals surface area contributed by atoms with E-state index < -0.39 is 34.9 Å². The molecule has 0 aromatic heterocycles. The lowest BCUT2D eigenvalue weighted by Gasteiger charge is -2.09. The van der Waals surface area contributed by atoms with Gasteiger partial charge in [-0.1, -0.05) is 0 Å². The van der Waals surface area contributed by atoms with Crippen LogP contribution in [0.5, 0.6) is 0 Å². The standard InChI is InChI=1S/C5H8F2N2O3S/c6-5(7)4(10)3-9-13(11,12)2-1-8/h4-5,9-10H,2-3H2. The number of halogens is 2. The topological polar surface area (TPSA) is 90.2 Å². The summed E-state index contributed by atoms with van der Waals surface area (Å²) in [6.45, 7) is -0.790. The normalized spacial score (nSPS) is 14.1. The summed E-state index contributed by atoms with van der Waals surface area (Å²) in [5.74, 6) is -0.817. The Morgan fingerprint density at radius 3 is 2.46 bits per heavy atom. The van der Waals surface area contributed by atoms with Crippen LogP contribution in [-0.2, 0) is 10.0 Å². The largest absolute Gasteiger partial charge is 0.386 e. The molecule has 0 spiro atoms. The van der Waals surface area contributed by atoms with Crippen molar-refractivity contribution >= 4 is 10.0 Å². The molecule has 0 aromatic rings. The van der Waals surface area contributed by atoms with E-state index in [4.69, 9.17) is 10.4 Å². The third kappa shape index (κ3) is 5.46. The molecule has 0 aliphatic carbocycles. The molecule has 0 aliphatic rings. The minimum Gasteiger partial charge on any atom is -0.386 e. The zero-order chi connectivity index (χ0) is 10.5. The Morgan fingerprint density at radius 1 is 1.54 bits per heavy atom. The predicted molar refractivity (Wildman–Crippen MR) is 39.4 cm³/mol. The highest BCUT2D eigenvalue weighted by molar-refractivity contribution is 7.89. The van der Waals surface area contributed by atoms with Gasteiger partial charge in [-0.05, 0) is 0 Å². The van der Waals surface area contributed by atoms with Gasteiger partial charge in [0.2, 0.25) is 10.0 Å². The Balaban J connectivity index is 3.97. The van der Waals surface area contributed by atoms with Crippen molar-refractivity contribution in [3.8, 4) is 6.07 Å². The molecule has 0 amide bonds. The van der Waals surface area contributed by atoms with Crippen LogP contribution in [0.15, 0.2) is 0 Å². The average Bonchev–Trinajstić information content (AvgIpc) is 2.00. The van der Waals surface area contributed by atoms with Gasteiger partial charge in [-0.25, -0.2) is 21.9 Å². The van der Waals surface area contributed by atoms with Crippen molar-refractivity contribution in [2.24, 2.45) is 0 Å². The van der Waals surface area contributed by atoms with Crippen molar-refractivity contribution in [1.29, 1.82) is 5.26 Å². The van der Waals surface area contributed by atoms with Crippen LogP contribution in [0.4, 0.5) is 8.78 Å². The van der Waals surface area contributed by atoms with Gasteiger partial charge in [-0.2, -0.15) is 5.26 Å². The second-order valence-electron chi connectivity index (χ2n) is 2.17. The van der Waals surface area contributed by atoms with Crippen LogP contribution >= 0.6 is 0 Å². The second kappa shape index (κ2) is 5.06. The third-order valence-electron chi connectivity index (χ3n) is 1.06. The van der Waals surface area contributed by atoms with Gasteiger partial charge in [0.25, 0.3) is 6.43 Å². The molecule has 5 nitrogen and oxygen atoms in total. The molecule has 0 bridgehead atoms. The van der Waals surface area contributed by atoms with E-state index in [0.717, 1.165) is 0 Å². The zero-order valence-corrected chi connectivity index (χ0v) is 7.26. The molecular formula is C5H8F2N2O3S. The summed E-state index contributed by atoms with van der Waals surface area (Å²) in [6, 6.07) is 1.34. The summed E-state index contributed by atoms with van der Waals surface area (Å²) in [5, 5.41) is 16.5. The molecule has 76 valence electrons. The number of nitrogens with one attached hydrogen (secondary N) is 1. The van der Waals surface area contributed by atoms with Gasteiger partial charge < -0.3 is 5.11 Å². The van der Waals surface area contributed by atoms with E-state index in [-0.39, 0.29) is 0 Å². The predicted octanol–water partition coefficient (Wildman–Crippen LogP) is -0.945. The molecule has 0 fully saturated rings. The molecule has 8 heteroatoms. The fraction of sp³-hybridized carbons (Fsp3) is 0.800. The maximum atomic E-state index is 11.6. The molecule has 1 atom stereocenters. The van der Waals surface area contributed by atoms with Crippen molar-refractivity contribution < 1.29 is 22.3 Å². The summed E-state index contributed by atoms with van der Waals surface area (Å²) in [4.78, 5) is 0. The number of nitriles is 1. The second-order valence-corrected chi connectivity index (χ2v) is 3.97. The maximum absolute atomic E-state index is 11.6. The molecule has 0 aromatic carbocycles. The van der Waals surface area contributed by atoms with E-state index >= 15 is 0 Å². The molecular weight excluding hydrogens is 206 g/mol. The molecule has 2 N–H and O–H groups in total. The first-order chi connectivity index (χ1) is 5.89. The lowest BCUT2D eigenvalue weighted by Crippen LogP contribution is -2.36. The number of hydrogen-bond acceptors (Lipinski definition) is 4. The molecule has 13 heavy (non-hydrogen) atoms. The van der Waals surface area contributed by atoms with Crippen molar-refractivity contribution in [2.45, 2.75) is 12.5 Å². The maximum Gasteiger partial charge on any atom is 0.265 e. The summed E-state index contributed by atoms with van der Waals surface area (Å²) >= 11 is 0. The van der Waals surface area contributed by atoms with Crippen molar-refractivity contribution in [1.82, 2.24) is 4.72 Å². The van der Waals surface area contributed by atoms with Crippen LogP contribution in [0.2, 0.25) is 0 Å². The first-order valence-corrected chi connectivity index (χ1v) is 4.85. The van der Waals surface area contributed by atoms with Gasteiger partial charge in [0.15, 0.2) is 5.75 Å². The molecule has 0 saturated carbocycles. The van der Waals surface area contributed by atoms with Crippen molar-refractivity contribution in [3.05, 3.63) is 0 Å². The third-order valence-corrected chi connectivity index (χ3v) is 2.17. The number of alkyl halides is 2. The minimum absolute atomic E-state index is 0.790. The van der Waals surface area contributed by atoms with E-state index in [0.29, 0.717) is 0 Å². The lowest BCUT2D eigenvalue weighted by molar-refractivity contribution is -0.000440. The summed E-state index contributed by atoms with van der Waals surface area (Å²) in [5.41, 5.74) is 0. The average molecular weight is 214 g/mol. The van der Waals surface area contributed by atoms with Gasteiger partial charge in [0.05, 0.1) is 6.07 Å². The Morgan fingerprint density at radius 2 is 2.08 bits per heavy atom. The molecule has 0 aliphatic heterocycles. The van der Waals surface area contributed by atoms with Crippen LogP contribution in [0.1, 0.15) is 0 Å². The van der Waals surface area contributed by atoms with Gasteiger partial charge in [-0.15, -0.1) is 0 Å². The quantitative estimate of drug-likeness (QED) is 0.617. The molecule has 1 unspecified atom stereocenters. The number of nitrogens with zero attached hydrogens (tertiary/aromatic N) is 1. The van der Waals surface area contributed by atoms with E-state index in [9.17, 15) is 17.2 Å².